The molecule has 38 heavy (non-hydrogen) atoms. The molecule has 0 amide bonds. The highest BCUT2D eigenvalue weighted by Crippen LogP contribution is 2.29. The first-order valence-electron chi connectivity index (χ1n) is 13.1. The fraction of sp³-hybridized carbons (Fsp3) is 0.393. The van der Waals surface area contributed by atoms with Gasteiger partial charge in [-0.1, -0.05) is 17.7 Å². The lowest BCUT2D eigenvalue weighted by Crippen LogP contribution is -2.38. The molecule has 0 aliphatic carbocycles. The smallest absolute Gasteiger partial charge is 0.228 e. The van der Waals surface area contributed by atoms with E-state index in [2.05, 4.69) is 44.8 Å². The van der Waals surface area contributed by atoms with E-state index in [1.165, 1.54) is 0 Å². The average molecular weight is 534 g/mol. The fourth-order valence-corrected chi connectivity index (χ4v) is 5.12. The lowest BCUT2D eigenvalue weighted by Gasteiger charge is -2.27. The summed E-state index contributed by atoms with van der Waals surface area (Å²) >= 11 is 6.08. The Hall–Kier alpha value is -3.24. The first-order chi connectivity index (χ1) is 18.6. The first kappa shape index (κ1) is 25.1. The molecule has 0 atom stereocenters. The number of morpholine rings is 2. The van der Waals surface area contributed by atoms with Crippen LogP contribution in [-0.2, 0) is 16.0 Å². The Morgan fingerprint density at radius 1 is 0.842 bits per heavy atom. The molecule has 2 saturated heterocycles. The van der Waals surface area contributed by atoms with Crippen LogP contribution in [0.25, 0.3) is 22.3 Å². The van der Waals surface area contributed by atoms with Crippen LogP contribution in [0.2, 0.25) is 5.02 Å². The van der Waals surface area contributed by atoms with E-state index in [9.17, 15) is 0 Å². The van der Waals surface area contributed by atoms with Crippen LogP contribution in [0.3, 0.4) is 0 Å². The van der Waals surface area contributed by atoms with Crippen molar-refractivity contribution in [3.8, 4) is 11.3 Å². The van der Waals surface area contributed by atoms with E-state index < -0.39 is 0 Å². The maximum absolute atomic E-state index is 6.08. The zero-order chi connectivity index (χ0) is 25.9. The molecule has 198 valence electrons. The molecule has 2 aromatic heterocycles. The highest BCUT2D eigenvalue weighted by Gasteiger charge is 2.18. The number of aryl methyl sites for hydroxylation is 1. The van der Waals surface area contributed by atoms with Gasteiger partial charge in [-0.2, -0.15) is 4.98 Å². The second-order valence-electron chi connectivity index (χ2n) is 9.64. The minimum absolute atomic E-state index is 0.667. The number of rotatable bonds is 7. The second kappa shape index (κ2) is 11.2. The van der Waals surface area contributed by atoms with E-state index in [1.54, 1.807) is 0 Å². The molecule has 4 heterocycles. The SMILES string of the molecule is Cc1nc2cc(-c3cc(Nc4ccc(Cl)cc4)nc(N4CCOCC4)n3)ccc2n1CCN1CCOCC1. The Bertz CT molecular complexity index is 1400. The third kappa shape index (κ3) is 5.61. The predicted octanol–water partition coefficient (Wildman–Crippen LogP) is 4.37. The Morgan fingerprint density at radius 2 is 1.58 bits per heavy atom. The van der Waals surface area contributed by atoms with E-state index in [1.807, 2.05) is 30.3 Å². The molecule has 4 aromatic rings. The highest BCUT2D eigenvalue weighted by atomic mass is 35.5. The first-order valence-corrected chi connectivity index (χ1v) is 13.5. The van der Waals surface area contributed by atoms with Crippen LogP contribution >= 0.6 is 11.6 Å². The Balaban J connectivity index is 1.31. The molecule has 0 spiro atoms. The fourth-order valence-electron chi connectivity index (χ4n) is 4.99. The molecule has 2 fully saturated rings. The summed E-state index contributed by atoms with van der Waals surface area (Å²) in [6, 6.07) is 16.0. The number of ether oxygens (including phenoxy) is 2. The average Bonchev–Trinajstić information content (AvgIpc) is 3.28. The second-order valence-corrected chi connectivity index (χ2v) is 10.1. The van der Waals surface area contributed by atoms with Crippen molar-refractivity contribution in [2.75, 3.05) is 69.4 Å². The van der Waals surface area contributed by atoms with Crippen molar-refractivity contribution in [1.82, 2.24) is 24.4 Å². The van der Waals surface area contributed by atoms with Crippen molar-refractivity contribution in [2.24, 2.45) is 0 Å². The number of nitrogens with one attached hydrogen (secondary N) is 1. The number of hydrogen-bond donors (Lipinski definition) is 1. The van der Waals surface area contributed by atoms with Crippen LogP contribution in [0.4, 0.5) is 17.5 Å². The molecular weight excluding hydrogens is 502 g/mol. The monoisotopic (exact) mass is 533 g/mol. The lowest BCUT2D eigenvalue weighted by atomic mass is 10.1. The minimum atomic E-state index is 0.667. The molecule has 2 aliphatic heterocycles. The molecule has 10 heteroatoms. The van der Waals surface area contributed by atoms with Gasteiger partial charge < -0.3 is 24.3 Å². The largest absolute Gasteiger partial charge is 0.379 e. The van der Waals surface area contributed by atoms with Crippen molar-refractivity contribution < 1.29 is 9.47 Å². The maximum Gasteiger partial charge on any atom is 0.228 e. The van der Waals surface area contributed by atoms with Crippen LogP contribution in [0, 0.1) is 6.92 Å². The van der Waals surface area contributed by atoms with Gasteiger partial charge in [0.05, 0.1) is 43.2 Å². The summed E-state index contributed by atoms with van der Waals surface area (Å²) in [7, 11) is 0. The Labute approximate surface area is 227 Å². The van der Waals surface area contributed by atoms with Crippen molar-refractivity contribution in [2.45, 2.75) is 13.5 Å². The van der Waals surface area contributed by atoms with Gasteiger partial charge in [0.1, 0.15) is 11.6 Å². The number of hydrogen-bond acceptors (Lipinski definition) is 8. The van der Waals surface area contributed by atoms with Crippen LogP contribution in [0.5, 0.6) is 0 Å². The van der Waals surface area contributed by atoms with Gasteiger partial charge in [-0.25, -0.2) is 9.97 Å². The van der Waals surface area contributed by atoms with E-state index in [0.29, 0.717) is 24.2 Å². The van der Waals surface area contributed by atoms with Crippen LogP contribution in [-0.4, -0.2) is 83.6 Å². The maximum atomic E-state index is 6.08. The van der Waals surface area contributed by atoms with Crippen LogP contribution < -0.4 is 10.2 Å². The number of nitrogens with zero attached hydrogens (tertiary/aromatic N) is 6. The molecule has 1 N–H and O–H groups in total. The van der Waals surface area contributed by atoms with E-state index in [4.69, 9.17) is 36.0 Å². The number of halogens is 1. The van der Waals surface area contributed by atoms with Gasteiger partial charge in [0.15, 0.2) is 0 Å². The summed E-state index contributed by atoms with van der Waals surface area (Å²) in [5, 5.41) is 4.11. The summed E-state index contributed by atoms with van der Waals surface area (Å²) in [5.41, 5.74) is 4.88. The number of imidazole rings is 1. The van der Waals surface area contributed by atoms with Gasteiger partial charge in [-0.15, -0.1) is 0 Å². The highest BCUT2D eigenvalue weighted by molar-refractivity contribution is 6.30. The van der Waals surface area contributed by atoms with Crippen molar-refractivity contribution in [1.29, 1.82) is 0 Å². The molecule has 0 bridgehead atoms. The predicted molar refractivity (Wildman–Crippen MR) is 151 cm³/mol. The van der Waals surface area contributed by atoms with Crippen molar-refractivity contribution in [3.05, 3.63) is 59.4 Å². The van der Waals surface area contributed by atoms with E-state index in [-0.39, 0.29) is 0 Å². The number of anilines is 3. The number of fused-ring (bicyclic) bond motifs is 1. The lowest BCUT2D eigenvalue weighted by molar-refractivity contribution is 0.0364. The third-order valence-electron chi connectivity index (χ3n) is 7.10. The molecule has 0 saturated carbocycles. The summed E-state index contributed by atoms with van der Waals surface area (Å²) in [4.78, 5) is 19.3. The number of benzene rings is 2. The normalized spacial score (nSPS) is 16.7. The standard InChI is InChI=1S/C28H32ClN7O2/c1-20-30-25-18-21(2-7-26(25)36(20)9-8-34-10-14-37-15-11-34)24-19-27(31-23-5-3-22(29)4-6-23)33-28(32-24)35-12-16-38-17-13-35/h2-7,18-19H,8-17H2,1H3,(H,31,32,33). The van der Waals surface area contributed by atoms with Crippen molar-refractivity contribution >= 4 is 40.1 Å². The van der Waals surface area contributed by atoms with Gasteiger partial charge in [0.2, 0.25) is 5.95 Å². The summed E-state index contributed by atoms with van der Waals surface area (Å²) < 4.78 is 13.3. The topological polar surface area (TPSA) is 80.6 Å². The molecule has 2 aromatic carbocycles. The van der Waals surface area contributed by atoms with E-state index >= 15 is 0 Å². The molecule has 2 aliphatic rings. The molecule has 6 rings (SSSR count). The van der Waals surface area contributed by atoms with E-state index in [0.717, 1.165) is 92.1 Å². The zero-order valence-electron chi connectivity index (χ0n) is 21.6. The van der Waals surface area contributed by atoms with Crippen LogP contribution in [0.15, 0.2) is 48.5 Å². The third-order valence-corrected chi connectivity index (χ3v) is 7.36. The molecule has 0 radical (unpaired) electrons. The van der Waals surface area contributed by atoms with Crippen LogP contribution in [0.1, 0.15) is 5.82 Å². The van der Waals surface area contributed by atoms with Gasteiger partial charge in [-0.05, 0) is 43.3 Å². The summed E-state index contributed by atoms with van der Waals surface area (Å²) in [6.07, 6.45) is 0. The molecule has 9 nitrogen and oxygen atoms in total. The minimum Gasteiger partial charge on any atom is -0.379 e. The van der Waals surface area contributed by atoms with Gasteiger partial charge >= 0.3 is 0 Å². The summed E-state index contributed by atoms with van der Waals surface area (Å²) in [6.45, 7) is 10.4. The van der Waals surface area contributed by atoms with Crippen molar-refractivity contribution in [3.63, 3.8) is 0 Å². The van der Waals surface area contributed by atoms with Gasteiger partial charge in [-0.3, -0.25) is 4.90 Å². The molecule has 0 unspecified atom stereocenters. The van der Waals surface area contributed by atoms with Gasteiger partial charge in [0.25, 0.3) is 0 Å². The van der Waals surface area contributed by atoms with Gasteiger partial charge in [0, 0.05) is 61.6 Å². The Morgan fingerprint density at radius 3 is 2.34 bits per heavy atom. The molecular formula is C28H32ClN7O2. The summed E-state index contributed by atoms with van der Waals surface area (Å²) in [5.74, 6) is 2.44. The number of aromatic nitrogens is 4. The Kier molecular flexibility index (Phi) is 7.42. The zero-order valence-corrected chi connectivity index (χ0v) is 22.3. The quantitative estimate of drug-likeness (QED) is 0.375.